The molecule has 0 fully saturated rings. The molecule has 0 saturated heterocycles. The van der Waals surface area contributed by atoms with E-state index in [0.29, 0.717) is 5.03 Å². The summed E-state index contributed by atoms with van der Waals surface area (Å²) in [7, 11) is 0. The maximum atomic E-state index is 10.7. The van der Waals surface area contributed by atoms with Gasteiger partial charge in [-0.2, -0.15) is 0 Å². The summed E-state index contributed by atoms with van der Waals surface area (Å²) in [5, 5.41) is 18.1. The van der Waals surface area contributed by atoms with Gasteiger partial charge in [0.1, 0.15) is 10.0 Å². The van der Waals surface area contributed by atoms with Crippen LogP contribution < -0.4 is 0 Å². The minimum Gasteiger partial charge on any atom is -0.478 e. The lowest BCUT2D eigenvalue weighted by molar-refractivity contribution is 0.0696. The molecule has 5 nitrogen and oxygen atoms in total. The van der Waals surface area contributed by atoms with Crippen molar-refractivity contribution >= 4 is 29.1 Å². The molecule has 0 aromatic carbocycles. The van der Waals surface area contributed by atoms with Gasteiger partial charge in [0.15, 0.2) is 4.34 Å². The van der Waals surface area contributed by atoms with Crippen LogP contribution in [0.1, 0.15) is 15.4 Å². The van der Waals surface area contributed by atoms with Crippen LogP contribution in [-0.4, -0.2) is 26.3 Å². The highest BCUT2D eigenvalue weighted by Crippen LogP contribution is 2.28. The van der Waals surface area contributed by atoms with Crippen LogP contribution in [0, 0.1) is 6.92 Å². The number of carboxylic acids is 1. The number of hydrogen-bond acceptors (Lipinski definition) is 6. The number of aromatic nitrogens is 3. The van der Waals surface area contributed by atoms with Crippen molar-refractivity contribution in [2.45, 2.75) is 16.3 Å². The van der Waals surface area contributed by atoms with Gasteiger partial charge in [-0.15, -0.1) is 10.2 Å². The Morgan fingerprint density at radius 2 is 2.31 bits per heavy atom. The molecular formula is C9H7N3O2S2. The monoisotopic (exact) mass is 253 g/mol. The zero-order valence-corrected chi connectivity index (χ0v) is 9.88. The van der Waals surface area contributed by atoms with Gasteiger partial charge in [0.05, 0.1) is 5.56 Å². The molecule has 2 rings (SSSR count). The van der Waals surface area contributed by atoms with Crippen molar-refractivity contribution in [2.24, 2.45) is 0 Å². The Hall–Kier alpha value is -1.47. The summed E-state index contributed by atoms with van der Waals surface area (Å²) in [6.45, 7) is 1.86. The summed E-state index contributed by atoms with van der Waals surface area (Å²) in [4.78, 5) is 14.8. The van der Waals surface area contributed by atoms with Gasteiger partial charge >= 0.3 is 5.97 Å². The predicted octanol–water partition coefficient (Wildman–Crippen LogP) is 2.09. The molecule has 2 aromatic heterocycles. The number of carbonyl (C=O) groups is 1. The van der Waals surface area contributed by atoms with E-state index in [-0.39, 0.29) is 5.56 Å². The fraction of sp³-hybridized carbons (Fsp3) is 0.111. The van der Waals surface area contributed by atoms with Gasteiger partial charge in [0.2, 0.25) is 0 Å². The van der Waals surface area contributed by atoms with E-state index in [1.165, 1.54) is 41.4 Å². The molecule has 0 unspecified atom stereocenters. The average Bonchev–Trinajstić information content (AvgIpc) is 2.64. The first-order chi connectivity index (χ1) is 7.65. The second kappa shape index (κ2) is 4.58. The molecule has 0 spiro atoms. The standard InChI is InChI=1S/C9H7N3O2S2/c1-5-11-12-9(15-5)16-7-4-6(8(13)14)2-3-10-7/h2-4H,1H3,(H,13,14). The fourth-order valence-electron chi connectivity index (χ4n) is 1.01. The Morgan fingerprint density at radius 1 is 1.50 bits per heavy atom. The van der Waals surface area contributed by atoms with Crippen LogP contribution in [0.2, 0.25) is 0 Å². The number of carboxylic acid groups (broad SMARTS) is 1. The second-order valence-electron chi connectivity index (χ2n) is 2.88. The molecule has 0 aliphatic carbocycles. The van der Waals surface area contributed by atoms with E-state index in [4.69, 9.17) is 5.11 Å². The third kappa shape index (κ3) is 2.56. The van der Waals surface area contributed by atoms with E-state index in [0.717, 1.165) is 9.35 Å². The molecule has 1 N–H and O–H groups in total. The summed E-state index contributed by atoms with van der Waals surface area (Å²) >= 11 is 2.76. The van der Waals surface area contributed by atoms with E-state index in [9.17, 15) is 4.79 Å². The zero-order chi connectivity index (χ0) is 11.5. The van der Waals surface area contributed by atoms with Crippen LogP contribution in [0.3, 0.4) is 0 Å². The molecular weight excluding hydrogens is 246 g/mol. The Labute approximate surface area is 99.6 Å². The quantitative estimate of drug-likeness (QED) is 0.902. The average molecular weight is 253 g/mol. The van der Waals surface area contributed by atoms with Gasteiger partial charge in [0, 0.05) is 6.20 Å². The van der Waals surface area contributed by atoms with Gasteiger partial charge in [-0.25, -0.2) is 9.78 Å². The van der Waals surface area contributed by atoms with Crippen molar-refractivity contribution in [3.63, 3.8) is 0 Å². The van der Waals surface area contributed by atoms with Gasteiger partial charge in [0.25, 0.3) is 0 Å². The smallest absolute Gasteiger partial charge is 0.335 e. The minimum atomic E-state index is -0.960. The molecule has 0 aliphatic heterocycles. The number of hydrogen-bond donors (Lipinski definition) is 1. The van der Waals surface area contributed by atoms with Crippen LogP contribution in [0.15, 0.2) is 27.7 Å². The lowest BCUT2D eigenvalue weighted by atomic mass is 10.3. The lowest BCUT2D eigenvalue weighted by Crippen LogP contribution is -1.96. The van der Waals surface area contributed by atoms with Crippen LogP contribution in [0.25, 0.3) is 0 Å². The maximum Gasteiger partial charge on any atom is 0.335 e. The molecule has 2 heterocycles. The topological polar surface area (TPSA) is 76.0 Å². The summed E-state index contributed by atoms with van der Waals surface area (Å²) in [5.74, 6) is -0.960. The maximum absolute atomic E-state index is 10.7. The Kier molecular flexibility index (Phi) is 3.16. The molecule has 0 bridgehead atoms. The van der Waals surface area contributed by atoms with Crippen molar-refractivity contribution < 1.29 is 9.90 Å². The Bertz CT molecular complexity index is 527. The first-order valence-corrected chi connectivity index (χ1v) is 5.96. The molecule has 82 valence electrons. The number of pyridine rings is 1. The summed E-state index contributed by atoms with van der Waals surface area (Å²) in [5.41, 5.74) is 0.221. The van der Waals surface area contributed by atoms with Crippen molar-refractivity contribution in [1.82, 2.24) is 15.2 Å². The van der Waals surface area contributed by atoms with Crippen molar-refractivity contribution in [1.29, 1.82) is 0 Å². The van der Waals surface area contributed by atoms with E-state index < -0.39 is 5.97 Å². The van der Waals surface area contributed by atoms with Crippen molar-refractivity contribution in [3.8, 4) is 0 Å². The van der Waals surface area contributed by atoms with E-state index in [1.54, 1.807) is 0 Å². The predicted molar refractivity (Wildman–Crippen MR) is 60.0 cm³/mol. The Morgan fingerprint density at radius 3 is 2.94 bits per heavy atom. The van der Waals surface area contributed by atoms with Crippen LogP contribution in [0.4, 0.5) is 0 Å². The molecule has 0 amide bonds. The number of nitrogens with zero attached hydrogens (tertiary/aromatic N) is 3. The largest absolute Gasteiger partial charge is 0.478 e. The highest BCUT2D eigenvalue weighted by atomic mass is 32.2. The minimum absolute atomic E-state index is 0.221. The van der Waals surface area contributed by atoms with E-state index >= 15 is 0 Å². The fourth-order valence-corrected chi connectivity index (χ4v) is 2.77. The first-order valence-electron chi connectivity index (χ1n) is 4.32. The molecule has 7 heteroatoms. The molecule has 16 heavy (non-hydrogen) atoms. The van der Waals surface area contributed by atoms with Crippen molar-refractivity contribution in [2.75, 3.05) is 0 Å². The Balaban J connectivity index is 2.21. The molecule has 0 saturated carbocycles. The van der Waals surface area contributed by atoms with E-state index in [2.05, 4.69) is 15.2 Å². The normalized spacial score (nSPS) is 10.3. The molecule has 0 atom stereocenters. The van der Waals surface area contributed by atoms with Gasteiger partial charge < -0.3 is 5.11 Å². The van der Waals surface area contributed by atoms with Crippen LogP contribution in [-0.2, 0) is 0 Å². The molecule has 0 aliphatic rings. The third-order valence-corrected chi connectivity index (χ3v) is 3.50. The number of aromatic carboxylic acids is 1. The summed E-state index contributed by atoms with van der Waals surface area (Å²) in [6, 6.07) is 2.97. The molecule has 0 radical (unpaired) electrons. The van der Waals surface area contributed by atoms with Gasteiger partial charge in [-0.05, 0) is 30.8 Å². The van der Waals surface area contributed by atoms with Gasteiger partial charge in [-0.1, -0.05) is 11.3 Å². The highest BCUT2D eigenvalue weighted by molar-refractivity contribution is 8.01. The number of rotatable bonds is 3. The first kappa shape index (κ1) is 11.0. The van der Waals surface area contributed by atoms with Crippen molar-refractivity contribution in [3.05, 3.63) is 28.9 Å². The van der Waals surface area contributed by atoms with Gasteiger partial charge in [-0.3, -0.25) is 0 Å². The SMILES string of the molecule is Cc1nnc(Sc2cc(C(=O)O)ccn2)s1. The number of aryl methyl sites for hydroxylation is 1. The third-order valence-electron chi connectivity index (χ3n) is 1.68. The summed E-state index contributed by atoms with van der Waals surface area (Å²) < 4.78 is 0.757. The lowest BCUT2D eigenvalue weighted by Gasteiger charge is -1.97. The highest BCUT2D eigenvalue weighted by Gasteiger charge is 2.07. The second-order valence-corrected chi connectivity index (χ2v) is 5.33. The van der Waals surface area contributed by atoms with E-state index in [1.807, 2.05) is 6.92 Å². The molecule has 2 aromatic rings. The summed E-state index contributed by atoms with van der Waals surface area (Å²) in [6.07, 6.45) is 1.47. The van der Waals surface area contributed by atoms with Crippen LogP contribution in [0.5, 0.6) is 0 Å². The zero-order valence-electron chi connectivity index (χ0n) is 8.25. The van der Waals surface area contributed by atoms with Crippen LogP contribution >= 0.6 is 23.1 Å².